The van der Waals surface area contributed by atoms with Gasteiger partial charge in [-0.05, 0) is 42.0 Å². The Hall–Kier alpha value is -3.35. The zero-order chi connectivity index (χ0) is 23.6. The molecule has 1 unspecified atom stereocenters. The molecule has 1 fully saturated rings. The van der Waals surface area contributed by atoms with Crippen molar-refractivity contribution >= 4 is 18.0 Å². The van der Waals surface area contributed by atoms with Gasteiger partial charge in [0.2, 0.25) is 5.91 Å². The van der Waals surface area contributed by atoms with Gasteiger partial charge in [-0.15, -0.1) is 0 Å². The highest BCUT2D eigenvalue weighted by Gasteiger charge is 2.47. The van der Waals surface area contributed by atoms with Crippen molar-refractivity contribution in [1.82, 2.24) is 10.2 Å². The van der Waals surface area contributed by atoms with E-state index >= 15 is 0 Å². The van der Waals surface area contributed by atoms with E-state index in [4.69, 9.17) is 9.84 Å². The van der Waals surface area contributed by atoms with Gasteiger partial charge in [0, 0.05) is 19.0 Å². The van der Waals surface area contributed by atoms with E-state index in [0.29, 0.717) is 19.4 Å². The summed E-state index contributed by atoms with van der Waals surface area (Å²) in [5.74, 6) is -1.74. The van der Waals surface area contributed by atoms with Gasteiger partial charge in [0.25, 0.3) is 0 Å². The van der Waals surface area contributed by atoms with Gasteiger partial charge in [-0.1, -0.05) is 55.5 Å². The van der Waals surface area contributed by atoms with Crippen LogP contribution in [0.1, 0.15) is 50.2 Å². The van der Waals surface area contributed by atoms with Crippen molar-refractivity contribution in [3.05, 3.63) is 59.7 Å². The summed E-state index contributed by atoms with van der Waals surface area (Å²) in [6.45, 7) is 4.22. The normalized spacial score (nSPS) is 16.3. The predicted octanol–water partition coefficient (Wildman–Crippen LogP) is 4.02. The first-order valence-electron chi connectivity index (χ1n) is 11.5. The maximum atomic E-state index is 12.8. The van der Waals surface area contributed by atoms with Crippen molar-refractivity contribution < 1.29 is 24.2 Å². The zero-order valence-corrected chi connectivity index (χ0v) is 19.0. The second-order valence-corrected chi connectivity index (χ2v) is 9.08. The third-order valence-electron chi connectivity index (χ3n) is 6.70. The van der Waals surface area contributed by atoms with Crippen LogP contribution in [0, 0.1) is 5.92 Å². The summed E-state index contributed by atoms with van der Waals surface area (Å²) in [6.07, 6.45) is 1.03. The lowest BCUT2D eigenvalue weighted by atomic mass is 9.98. The van der Waals surface area contributed by atoms with E-state index < -0.39 is 23.5 Å². The molecule has 2 amide bonds. The maximum Gasteiger partial charge on any atom is 0.407 e. The zero-order valence-electron chi connectivity index (χ0n) is 19.0. The maximum absolute atomic E-state index is 12.8. The Labute approximate surface area is 193 Å². The number of carbonyl (C=O) groups excluding carboxylic acids is 2. The summed E-state index contributed by atoms with van der Waals surface area (Å²) in [4.78, 5) is 38.1. The molecule has 1 atom stereocenters. The molecule has 0 radical (unpaired) electrons. The van der Waals surface area contributed by atoms with Crippen molar-refractivity contribution in [1.29, 1.82) is 0 Å². The molecule has 0 aromatic heterocycles. The minimum atomic E-state index is -0.931. The van der Waals surface area contributed by atoms with Gasteiger partial charge in [-0.25, -0.2) is 4.79 Å². The van der Waals surface area contributed by atoms with Gasteiger partial charge >= 0.3 is 12.1 Å². The Morgan fingerprint density at radius 3 is 2.18 bits per heavy atom. The highest BCUT2D eigenvalue weighted by atomic mass is 16.5. The largest absolute Gasteiger partial charge is 0.481 e. The van der Waals surface area contributed by atoms with Crippen molar-refractivity contribution in [2.24, 2.45) is 5.92 Å². The quantitative estimate of drug-likeness (QED) is 0.602. The molecule has 174 valence electrons. The summed E-state index contributed by atoms with van der Waals surface area (Å²) in [5, 5.41) is 12.0. The Morgan fingerprint density at radius 1 is 1.09 bits per heavy atom. The van der Waals surface area contributed by atoms with Crippen LogP contribution in [0.4, 0.5) is 4.79 Å². The van der Waals surface area contributed by atoms with E-state index in [9.17, 15) is 14.4 Å². The number of carbonyl (C=O) groups is 3. The predicted molar refractivity (Wildman–Crippen MR) is 124 cm³/mol. The highest BCUT2D eigenvalue weighted by molar-refractivity contribution is 5.81. The van der Waals surface area contributed by atoms with Crippen LogP contribution in [0.2, 0.25) is 0 Å². The Balaban J connectivity index is 1.35. The Morgan fingerprint density at radius 2 is 1.67 bits per heavy atom. The molecular weight excluding hydrogens is 420 g/mol. The fourth-order valence-corrected chi connectivity index (χ4v) is 4.57. The molecular formula is C26H30N2O5. The molecule has 2 aromatic carbocycles. The van der Waals surface area contributed by atoms with E-state index in [1.165, 1.54) is 16.0 Å². The molecule has 4 rings (SSSR count). The van der Waals surface area contributed by atoms with Crippen LogP contribution in [0.25, 0.3) is 11.1 Å². The number of carboxylic acids is 1. The van der Waals surface area contributed by atoms with Crippen LogP contribution in [0.15, 0.2) is 48.5 Å². The van der Waals surface area contributed by atoms with Gasteiger partial charge in [-0.3, -0.25) is 9.59 Å². The number of fused-ring (bicyclic) bond motifs is 3. The first-order chi connectivity index (χ1) is 15.8. The molecule has 2 aliphatic carbocycles. The number of rotatable bonds is 9. The average Bonchev–Trinajstić information content (AvgIpc) is 3.47. The lowest BCUT2D eigenvalue weighted by Gasteiger charge is -2.26. The third kappa shape index (κ3) is 4.87. The Kier molecular flexibility index (Phi) is 6.40. The fourth-order valence-electron chi connectivity index (χ4n) is 4.57. The molecule has 2 aliphatic rings. The van der Waals surface area contributed by atoms with E-state index in [1.54, 1.807) is 6.92 Å². The SMILES string of the molecule is CCN(CC(C)C(=O)O)C(=O)CC1(NC(=O)OCC2c3ccccc3-c3ccccc32)CC1. The topological polar surface area (TPSA) is 95.9 Å². The first kappa shape index (κ1) is 22.8. The number of benzene rings is 2. The molecule has 0 aliphatic heterocycles. The molecule has 0 saturated heterocycles. The fraction of sp³-hybridized carbons (Fsp3) is 0.423. The number of nitrogens with one attached hydrogen (secondary N) is 1. The van der Waals surface area contributed by atoms with Crippen molar-refractivity contribution in [3.8, 4) is 11.1 Å². The molecule has 1 saturated carbocycles. The first-order valence-corrected chi connectivity index (χ1v) is 11.5. The smallest absolute Gasteiger partial charge is 0.407 e. The van der Waals surface area contributed by atoms with Crippen LogP contribution in [0.5, 0.6) is 0 Å². The average molecular weight is 451 g/mol. The number of aliphatic carboxylic acids is 1. The molecule has 0 bridgehead atoms. The number of hydrogen-bond acceptors (Lipinski definition) is 4. The van der Waals surface area contributed by atoms with Crippen LogP contribution in [-0.2, 0) is 14.3 Å². The Bertz CT molecular complexity index is 1020. The minimum Gasteiger partial charge on any atom is -0.481 e. The molecule has 0 heterocycles. The van der Waals surface area contributed by atoms with E-state index in [2.05, 4.69) is 29.6 Å². The molecule has 7 heteroatoms. The lowest BCUT2D eigenvalue weighted by Crippen LogP contribution is -2.44. The van der Waals surface area contributed by atoms with Gasteiger partial charge in [0.1, 0.15) is 6.61 Å². The summed E-state index contributed by atoms with van der Waals surface area (Å²) in [5.41, 5.74) is 4.03. The van der Waals surface area contributed by atoms with Gasteiger partial charge < -0.3 is 20.1 Å². The summed E-state index contributed by atoms with van der Waals surface area (Å²) < 4.78 is 5.63. The van der Waals surface area contributed by atoms with Gasteiger partial charge in [0.05, 0.1) is 17.9 Å². The van der Waals surface area contributed by atoms with E-state index in [0.717, 1.165) is 11.1 Å². The number of nitrogens with zero attached hydrogens (tertiary/aromatic N) is 1. The summed E-state index contributed by atoms with van der Waals surface area (Å²) in [7, 11) is 0. The monoisotopic (exact) mass is 450 g/mol. The van der Waals surface area contributed by atoms with Crippen LogP contribution >= 0.6 is 0 Å². The number of ether oxygens (including phenoxy) is 1. The number of alkyl carbamates (subject to hydrolysis) is 1. The van der Waals surface area contributed by atoms with Crippen molar-refractivity contribution in [2.45, 2.75) is 44.6 Å². The third-order valence-corrected chi connectivity index (χ3v) is 6.70. The second-order valence-electron chi connectivity index (χ2n) is 9.08. The number of carboxylic acid groups (broad SMARTS) is 1. The lowest BCUT2D eigenvalue weighted by molar-refractivity contribution is -0.143. The molecule has 7 nitrogen and oxygen atoms in total. The highest BCUT2D eigenvalue weighted by Crippen LogP contribution is 2.44. The van der Waals surface area contributed by atoms with Crippen LogP contribution < -0.4 is 5.32 Å². The van der Waals surface area contributed by atoms with Gasteiger partial charge in [0.15, 0.2) is 0 Å². The summed E-state index contributed by atoms with van der Waals surface area (Å²) in [6, 6.07) is 16.3. The van der Waals surface area contributed by atoms with E-state index in [-0.39, 0.29) is 31.4 Å². The van der Waals surface area contributed by atoms with Crippen LogP contribution in [-0.4, -0.2) is 53.2 Å². The second kappa shape index (κ2) is 9.25. The summed E-state index contributed by atoms with van der Waals surface area (Å²) >= 11 is 0. The van der Waals surface area contributed by atoms with E-state index in [1.807, 2.05) is 31.2 Å². The molecule has 0 spiro atoms. The molecule has 33 heavy (non-hydrogen) atoms. The molecule has 2 aromatic rings. The van der Waals surface area contributed by atoms with Crippen molar-refractivity contribution in [3.63, 3.8) is 0 Å². The van der Waals surface area contributed by atoms with Crippen LogP contribution in [0.3, 0.4) is 0 Å². The number of amides is 2. The standard InChI is InChI=1S/C26H30N2O5/c1-3-28(15-17(2)24(30)31)23(29)14-26(12-13-26)27-25(32)33-16-22-20-10-6-4-8-18(20)19-9-5-7-11-21(19)22/h4-11,17,22H,3,12-16H2,1-2H3,(H,27,32)(H,30,31). The number of hydrogen-bond donors (Lipinski definition) is 2. The minimum absolute atomic E-state index is 0.0203. The molecule has 2 N–H and O–H groups in total. The van der Waals surface area contributed by atoms with Gasteiger partial charge in [-0.2, -0.15) is 0 Å². The van der Waals surface area contributed by atoms with Crippen molar-refractivity contribution in [2.75, 3.05) is 19.7 Å².